The van der Waals surface area contributed by atoms with Crippen LogP contribution >= 0.6 is 20.1 Å². The molecule has 156 valence electrons. The summed E-state index contributed by atoms with van der Waals surface area (Å²) in [5.41, 5.74) is 1.82. The molecule has 3 N–H and O–H groups in total. The maximum Gasteiger partial charge on any atom is 0.274 e. The van der Waals surface area contributed by atoms with E-state index in [9.17, 15) is 4.79 Å². The second-order valence-corrected chi connectivity index (χ2v) is 10.6. The summed E-state index contributed by atoms with van der Waals surface area (Å²) in [6.45, 7) is 0.731. The molecule has 30 heavy (non-hydrogen) atoms. The first kappa shape index (κ1) is 19.6. The van der Waals surface area contributed by atoms with Crippen molar-refractivity contribution >= 4 is 43.0 Å². The molecule has 3 aliphatic rings. The van der Waals surface area contributed by atoms with Crippen LogP contribution in [0.3, 0.4) is 0 Å². The predicted molar refractivity (Wildman–Crippen MR) is 119 cm³/mol. The summed E-state index contributed by atoms with van der Waals surface area (Å²) in [7, 11) is 2.74. The second kappa shape index (κ2) is 7.41. The monoisotopic (exact) mass is 443 g/mol. The number of pyridine rings is 1. The number of hydrogen-bond acceptors (Lipinski definition) is 6. The first-order valence-electron chi connectivity index (χ1n) is 9.64. The predicted octanol–water partition coefficient (Wildman–Crippen LogP) is 2.48. The Kier molecular flexibility index (Phi) is 4.84. The molecule has 8 nitrogen and oxygen atoms in total. The smallest absolute Gasteiger partial charge is 0.274 e. The summed E-state index contributed by atoms with van der Waals surface area (Å²) in [6, 6.07) is 9.37. The van der Waals surface area contributed by atoms with E-state index in [4.69, 9.17) is 14.7 Å². The number of anilines is 1. The number of ether oxygens (including phenoxy) is 1. The van der Waals surface area contributed by atoms with Gasteiger partial charge in [0, 0.05) is 24.2 Å². The van der Waals surface area contributed by atoms with E-state index in [1.165, 1.54) is 11.5 Å². The lowest BCUT2D eigenvalue weighted by atomic mass is 9.86. The molecule has 3 aliphatic heterocycles. The lowest BCUT2D eigenvalue weighted by Crippen LogP contribution is -2.60. The summed E-state index contributed by atoms with van der Waals surface area (Å²) in [6.07, 6.45) is 3.29. The number of guanidine groups is 1. The van der Waals surface area contributed by atoms with Gasteiger partial charge in [-0.2, -0.15) is 0 Å². The highest BCUT2D eigenvalue weighted by molar-refractivity contribution is 7.98. The van der Waals surface area contributed by atoms with Crippen LogP contribution in [0.25, 0.3) is 0 Å². The van der Waals surface area contributed by atoms with E-state index in [0.29, 0.717) is 23.1 Å². The molecule has 0 saturated carbocycles. The van der Waals surface area contributed by atoms with Crippen molar-refractivity contribution in [2.24, 2.45) is 0 Å². The van der Waals surface area contributed by atoms with Crippen LogP contribution < -0.4 is 20.7 Å². The zero-order valence-electron chi connectivity index (χ0n) is 16.6. The SMILES string of the molecule is COc1ccc(C(=O)Nc2ccc3c(c2)[C@@]24CP3OCCC2SN(C)C(=N)N4)nc1. The van der Waals surface area contributed by atoms with Gasteiger partial charge >= 0.3 is 0 Å². The molecule has 10 heteroatoms. The van der Waals surface area contributed by atoms with Crippen LogP contribution in [-0.4, -0.2) is 53.3 Å². The van der Waals surface area contributed by atoms with Crippen LogP contribution in [0.15, 0.2) is 36.5 Å². The third kappa shape index (κ3) is 3.12. The van der Waals surface area contributed by atoms with Crippen molar-refractivity contribution < 1.29 is 14.1 Å². The first-order valence-corrected chi connectivity index (χ1v) is 11.9. The molecule has 2 saturated heterocycles. The Morgan fingerprint density at radius 1 is 1.47 bits per heavy atom. The van der Waals surface area contributed by atoms with Crippen LogP contribution in [0.4, 0.5) is 5.69 Å². The number of fused-ring (bicyclic) bond motifs is 3. The van der Waals surface area contributed by atoms with Crippen LogP contribution in [0.2, 0.25) is 0 Å². The summed E-state index contributed by atoms with van der Waals surface area (Å²) < 4.78 is 13.2. The van der Waals surface area contributed by atoms with Crippen LogP contribution in [0.5, 0.6) is 5.75 Å². The van der Waals surface area contributed by atoms with Crippen molar-refractivity contribution in [3.63, 3.8) is 0 Å². The fraction of sp³-hybridized carbons (Fsp3) is 0.350. The molecule has 0 radical (unpaired) electrons. The summed E-state index contributed by atoms with van der Waals surface area (Å²) in [5, 5.41) is 16.3. The lowest BCUT2D eigenvalue weighted by Gasteiger charge is -2.45. The van der Waals surface area contributed by atoms with Gasteiger partial charge in [0.1, 0.15) is 11.4 Å². The third-order valence-corrected chi connectivity index (χ3v) is 9.32. The molecule has 3 atom stereocenters. The minimum atomic E-state index is -0.736. The van der Waals surface area contributed by atoms with Gasteiger partial charge in [0.25, 0.3) is 5.91 Å². The number of rotatable bonds is 3. The maximum atomic E-state index is 12.7. The molecule has 4 heterocycles. The standard InChI is InChI=1S/C20H22N5O3PS/c1-25-19(21)24-20-11-29(28-8-7-17(20)30-25)16-6-3-12(9-14(16)20)23-18(26)15-5-4-13(27-2)10-22-15/h3-6,9-10,17H,7-8,11H2,1-2H3,(H2,21,24)(H,23,26)/t17?,20-,29?/m0/s1. The quantitative estimate of drug-likeness (QED) is 0.495. The highest BCUT2D eigenvalue weighted by atomic mass is 32.2. The number of aromatic nitrogens is 1. The molecule has 1 amide bonds. The first-order chi connectivity index (χ1) is 14.5. The number of nitrogens with zero attached hydrogens (tertiary/aromatic N) is 2. The third-order valence-electron chi connectivity index (χ3n) is 5.72. The molecule has 1 spiro atoms. The van der Waals surface area contributed by atoms with Crippen molar-refractivity contribution in [2.75, 3.05) is 32.2 Å². The Bertz CT molecular complexity index is 1020. The lowest BCUT2D eigenvalue weighted by molar-refractivity contribution is 0.102. The summed E-state index contributed by atoms with van der Waals surface area (Å²) >= 11 is 1.69. The van der Waals surface area contributed by atoms with E-state index in [0.717, 1.165) is 24.8 Å². The maximum absolute atomic E-state index is 12.7. The Labute approximate surface area is 180 Å². The van der Waals surface area contributed by atoms with E-state index in [1.807, 2.05) is 23.5 Å². The van der Waals surface area contributed by atoms with Gasteiger partial charge in [-0.25, -0.2) is 4.98 Å². The van der Waals surface area contributed by atoms with Crippen molar-refractivity contribution in [3.05, 3.63) is 47.8 Å². The van der Waals surface area contributed by atoms with E-state index < -0.39 is 8.15 Å². The Balaban J connectivity index is 1.47. The highest BCUT2D eigenvalue weighted by Crippen LogP contribution is 2.58. The summed E-state index contributed by atoms with van der Waals surface area (Å²) in [4.78, 5) is 16.8. The van der Waals surface area contributed by atoms with Crippen molar-refractivity contribution in [2.45, 2.75) is 17.2 Å². The van der Waals surface area contributed by atoms with Crippen LogP contribution in [0.1, 0.15) is 22.5 Å². The van der Waals surface area contributed by atoms with Crippen LogP contribution in [0, 0.1) is 5.41 Å². The fourth-order valence-corrected chi connectivity index (χ4v) is 7.92. The Morgan fingerprint density at radius 2 is 2.33 bits per heavy atom. The van der Waals surface area contributed by atoms with E-state index in [2.05, 4.69) is 21.7 Å². The van der Waals surface area contributed by atoms with Gasteiger partial charge in [-0.3, -0.25) is 14.5 Å². The van der Waals surface area contributed by atoms with Gasteiger partial charge in [0.2, 0.25) is 5.96 Å². The van der Waals surface area contributed by atoms with E-state index in [1.54, 1.807) is 31.2 Å². The number of nitrogens with one attached hydrogen (secondary N) is 3. The van der Waals surface area contributed by atoms with Crippen LogP contribution in [-0.2, 0) is 10.1 Å². The largest absolute Gasteiger partial charge is 0.495 e. The normalized spacial score (nSPS) is 26.9. The van der Waals surface area contributed by atoms with Gasteiger partial charge in [-0.15, -0.1) is 0 Å². The van der Waals surface area contributed by atoms with E-state index in [-0.39, 0.29) is 16.7 Å². The van der Waals surface area contributed by atoms with Gasteiger partial charge in [0.05, 0.1) is 38.9 Å². The van der Waals surface area contributed by atoms with E-state index >= 15 is 0 Å². The number of carbonyl (C=O) groups excluding carboxylic acids is 1. The molecule has 2 bridgehead atoms. The minimum Gasteiger partial charge on any atom is -0.495 e. The molecule has 0 aliphatic carbocycles. The number of benzene rings is 1. The molecule has 5 rings (SSSR count). The number of methoxy groups -OCH3 is 1. The average Bonchev–Trinajstić information content (AvgIpc) is 2.92. The Hall–Kier alpha value is -2.35. The van der Waals surface area contributed by atoms with Gasteiger partial charge < -0.3 is 19.9 Å². The van der Waals surface area contributed by atoms with Gasteiger partial charge in [-0.05, 0) is 54.3 Å². The zero-order chi connectivity index (χ0) is 20.9. The van der Waals surface area contributed by atoms with Crippen molar-refractivity contribution in [3.8, 4) is 5.75 Å². The zero-order valence-corrected chi connectivity index (χ0v) is 18.3. The average molecular weight is 443 g/mol. The molecular formula is C20H22N5O3PS. The topological polar surface area (TPSA) is 99.6 Å². The van der Waals surface area contributed by atoms with Crippen molar-refractivity contribution in [1.29, 1.82) is 5.41 Å². The molecular weight excluding hydrogens is 421 g/mol. The molecule has 2 aromatic rings. The number of carbonyl (C=O) groups is 1. The Morgan fingerprint density at radius 3 is 3.10 bits per heavy atom. The number of hydrogen-bond donors (Lipinski definition) is 3. The minimum absolute atomic E-state index is 0.263. The highest BCUT2D eigenvalue weighted by Gasteiger charge is 2.55. The van der Waals surface area contributed by atoms with Gasteiger partial charge in [0.15, 0.2) is 0 Å². The van der Waals surface area contributed by atoms with Crippen molar-refractivity contribution in [1.82, 2.24) is 14.6 Å². The molecule has 2 fully saturated rings. The summed E-state index contributed by atoms with van der Waals surface area (Å²) in [5.74, 6) is 0.733. The molecule has 1 aromatic heterocycles. The second-order valence-electron chi connectivity index (χ2n) is 7.46. The molecule has 1 aromatic carbocycles. The fourth-order valence-electron chi connectivity index (χ4n) is 4.19. The van der Waals surface area contributed by atoms with Gasteiger partial charge in [-0.1, -0.05) is 0 Å². The molecule has 2 unspecified atom stereocenters. The number of amides is 1.